The Labute approximate surface area is 100 Å². The third-order valence-corrected chi connectivity index (χ3v) is 2.59. The van der Waals surface area contributed by atoms with E-state index >= 15 is 0 Å². The van der Waals surface area contributed by atoms with Gasteiger partial charge in [-0.2, -0.15) is 4.39 Å². The Morgan fingerprint density at radius 1 is 1.43 bits per heavy atom. The van der Waals surface area contributed by atoms with Crippen LogP contribution in [0, 0.1) is 0 Å². The van der Waals surface area contributed by atoms with Gasteiger partial charge in [0.25, 0.3) is 0 Å². The van der Waals surface area contributed by atoms with Crippen LogP contribution in [0.25, 0.3) is 0 Å². The summed E-state index contributed by atoms with van der Waals surface area (Å²) in [5.41, 5.74) is 3.31. The Bertz CT molecular complexity index is 257. The highest BCUT2D eigenvalue weighted by Gasteiger charge is 2.02. The monoisotopic (exact) mass is 308 g/mol. The van der Waals surface area contributed by atoms with Gasteiger partial charge in [-0.1, -0.05) is 32.4 Å². The van der Waals surface area contributed by atoms with Crippen LogP contribution in [0.2, 0.25) is 0 Å². The van der Waals surface area contributed by atoms with Crippen LogP contribution in [0.5, 0.6) is 0 Å². The van der Waals surface area contributed by atoms with Crippen molar-refractivity contribution in [1.29, 1.82) is 0 Å². The molecule has 0 saturated carbocycles. The third kappa shape index (κ3) is 4.94. The highest BCUT2D eigenvalue weighted by atomic mass is 127. The van der Waals surface area contributed by atoms with E-state index in [2.05, 4.69) is 20.4 Å². The Morgan fingerprint density at radius 3 is 2.36 bits per heavy atom. The maximum Gasteiger partial charge on any atom is 0.161 e. The summed E-state index contributed by atoms with van der Waals surface area (Å²) in [5.74, 6) is 0. The lowest BCUT2D eigenvalue weighted by molar-refractivity contribution is 0.710. The Hall–Kier alpha value is -0.120. The molecule has 14 heavy (non-hydrogen) atoms. The summed E-state index contributed by atoms with van der Waals surface area (Å²) < 4.78 is 12.4. The van der Waals surface area contributed by atoms with Gasteiger partial charge in [0.2, 0.25) is 0 Å². The highest BCUT2D eigenvalue weighted by molar-refractivity contribution is 14.1. The number of hydrogen-bond acceptors (Lipinski definition) is 0. The summed E-state index contributed by atoms with van der Waals surface area (Å²) in [4.78, 5) is 0. The van der Waals surface area contributed by atoms with Crippen LogP contribution in [-0.2, 0) is 0 Å². The normalized spacial score (nSPS) is 13.9. The van der Waals surface area contributed by atoms with Crippen LogP contribution in [0.4, 0.5) is 4.39 Å². The molecule has 0 radical (unpaired) electrons. The molecule has 0 fully saturated rings. The second-order valence-corrected chi connectivity index (χ2v) is 4.32. The minimum atomic E-state index is -0.209. The van der Waals surface area contributed by atoms with Crippen molar-refractivity contribution >= 4 is 22.6 Å². The van der Waals surface area contributed by atoms with Gasteiger partial charge in [0.05, 0.1) is 0 Å². The maximum absolute atomic E-state index is 12.6. The van der Waals surface area contributed by atoms with Crippen LogP contribution in [0.15, 0.2) is 33.2 Å². The van der Waals surface area contributed by atoms with E-state index in [9.17, 15) is 4.39 Å². The minimum Gasteiger partial charge on any atom is -0.200 e. The molecule has 0 aliphatic rings. The second-order valence-electron chi connectivity index (χ2n) is 3.29. The fourth-order valence-electron chi connectivity index (χ4n) is 1.40. The van der Waals surface area contributed by atoms with Crippen LogP contribution in [0.3, 0.4) is 0 Å². The fourth-order valence-corrected chi connectivity index (χ4v) is 1.77. The molecule has 80 valence electrons. The Kier molecular flexibility index (Phi) is 7.15. The van der Waals surface area contributed by atoms with Gasteiger partial charge in [0, 0.05) is 0 Å². The molecule has 0 spiro atoms. The summed E-state index contributed by atoms with van der Waals surface area (Å²) in [5, 5.41) is 0. The Balaban J connectivity index is 4.77. The molecule has 0 aromatic heterocycles. The first-order valence-corrected chi connectivity index (χ1v) is 6.01. The van der Waals surface area contributed by atoms with E-state index < -0.39 is 0 Å². The van der Waals surface area contributed by atoms with E-state index in [1.807, 2.05) is 6.92 Å². The molecule has 0 rings (SSSR count). The zero-order valence-corrected chi connectivity index (χ0v) is 11.3. The van der Waals surface area contributed by atoms with Gasteiger partial charge in [-0.05, 0) is 59.6 Å². The van der Waals surface area contributed by atoms with E-state index in [0.29, 0.717) is 0 Å². The molecule has 0 aliphatic carbocycles. The summed E-state index contributed by atoms with van der Waals surface area (Å²) in [7, 11) is 0. The first-order valence-electron chi connectivity index (χ1n) is 4.93. The molecule has 0 bridgehead atoms. The van der Waals surface area contributed by atoms with Crippen molar-refractivity contribution in [2.45, 2.75) is 40.0 Å². The fraction of sp³-hybridized carbons (Fsp3) is 0.500. The van der Waals surface area contributed by atoms with Crippen molar-refractivity contribution in [1.82, 2.24) is 0 Å². The van der Waals surface area contributed by atoms with E-state index in [-0.39, 0.29) is 3.83 Å². The van der Waals surface area contributed by atoms with Crippen molar-refractivity contribution in [2.75, 3.05) is 0 Å². The van der Waals surface area contributed by atoms with Gasteiger partial charge >= 0.3 is 0 Å². The van der Waals surface area contributed by atoms with Crippen molar-refractivity contribution in [3.8, 4) is 0 Å². The van der Waals surface area contributed by atoms with Crippen molar-refractivity contribution < 1.29 is 4.39 Å². The molecule has 0 aliphatic heterocycles. The van der Waals surface area contributed by atoms with Crippen molar-refractivity contribution in [3.05, 3.63) is 33.2 Å². The lowest BCUT2D eigenvalue weighted by atomic mass is 9.97. The summed E-state index contributed by atoms with van der Waals surface area (Å²) in [6, 6.07) is 0. The molecule has 0 heterocycles. The highest BCUT2D eigenvalue weighted by Crippen LogP contribution is 2.23. The van der Waals surface area contributed by atoms with Gasteiger partial charge in [-0.15, -0.1) is 0 Å². The quantitative estimate of drug-likeness (QED) is 0.476. The van der Waals surface area contributed by atoms with Gasteiger partial charge in [-0.3, -0.25) is 0 Å². The van der Waals surface area contributed by atoms with Gasteiger partial charge < -0.3 is 0 Å². The molecule has 0 atom stereocenters. The van der Waals surface area contributed by atoms with Gasteiger partial charge in [0.15, 0.2) is 3.83 Å². The first-order chi connectivity index (χ1) is 6.52. The SMILES string of the molecule is C=C(/C=C(/F)I)/C(C)=C(/CC)CCC. The van der Waals surface area contributed by atoms with Gasteiger partial charge in [0.1, 0.15) is 0 Å². The van der Waals surface area contributed by atoms with Crippen molar-refractivity contribution in [3.63, 3.8) is 0 Å². The van der Waals surface area contributed by atoms with Gasteiger partial charge in [-0.25, -0.2) is 0 Å². The smallest absolute Gasteiger partial charge is 0.161 e. The minimum absolute atomic E-state index is 0.209. The summed E-state index contributed by atoms with van der Waals surface area (Å²) in [6.45, 7) is 10.2. The largest absolute Gasteiger partial charge is 0.200 e. The lowest BCUT2D eigenvalue weighted by Crippen LogP contribution is -1.89. The number of rotatable bonds is 5. The number of hydrogen-bond donors (Lipinski definition) is 0. The topological polar surface area (TPSA) is 0 Å². The molecular formula is C12H18FI. The van der Waals surface area contributed by atoms with E-state index in [0.717, 1.165) is 30.4 Å². The first kappa shape index (κ1) is 13.9. The number of halogens is 2. The maximum atomic E-state index is 12.6. The molecule has 2 heteroatoms. The van der Waals surface area contributed by atoms with Crippen LogP contribution in [0.1, 0.15) is 40.0 Å². The molecule has 0 saturated heterocycles. The third-order valence-electron chi connectivity index (χ3n) is 2.27. The standard InChI is InChI=1S/C12H18FI/c1-5-7-11(6-2)10(4)9(3)8-12(13)14/h8H,3,5-7H2,1-2,4H3/b11-10-,12-8-. The molecular weight excluding hydrogens is 290 g/mol. The summed E-state index contributed by atoms with van der Waals surface area (Å²) in [6.07, 6.45) is 4.72. The summed E-state index contributed by atoms with van der Waals surface area (Å²) >= 11 is 1.66. The average Bonchev–Trinajstić information content (AvgIpc) is 2.12. The molecule has 0 N–H and O–H groups in total. The molecule has 0 amide bonds. The Morgan fingerprint density at radius 2 is 2.00 bits per heavy atom. The zero-order chi connectivity index (χ0) is 11.1. The predicted octanol–water partition coefficient (Wildman–Crippen LogP) is 5.32. The number of allylic oxidation sites excluding steroid dienone is 4. The second kappa shape index (κ2) is 7.21. The molecule has 0 nitrogen and oxygen atoms in total. The van der Waals surface area contributed by atoms with E-state index in [1.165, 1.54) is 11.6 Å². The van der Waals surface area contributed by atoms with Crippen molar-refractivity contribution in [2.24, 2.45) is 0 Å². The van der Waals surface area contributed by atoms with Crippen LogP contribution in [-0.4, -0.2) is 0 Å². The van der Waals surface area contributed by atoms with E-state index in [1.54, 1.807) is 22.6 Å². The predicted molar refractivity (Wildman–Crippen MR) is 70.3 cm³/mol. The molecule has 0 aromatic carbocycles. The zero-order valence-electron chi connectivity index (χ0n) is 9.16. The molecule has 0 aromatic rings. The van der Waals surface area contributed by atoms with Crippen LogP contribution >= 0.6 is 22.6 Å². The molecule has 0 unspecified atom stereocenters. The average molecular weight is 308 g/mol. The van der Waals surface area contributed by atoms with Crippen LogP contribution < -0.4 is 0 Å². The van der Waals surface area contributed by atoms with E-state index in [4.69, 9.17) is 0 Å². The lowest BCUT2D eigenvalue weighted by Gasteiger charge is -2.09.